The molecular weight excluding hydrogens is 266 g/mol. The fraction of sp³-hybridized carbons (Fsp3) is 0.647. The first-order valence-electron chi connectivity index (χ1n) is 7.80. The lowest BCUT2D eigenvalue weighted by molar-refractivity contribution is -0.0809. The zero-order chi connectivity index (χ0) is 13.8. The molecule has 0 amide bonds. The summed E-state index contributed by atoms with van der Waals surface area (Å²) in [5.74, 6) is 3.28. The average Bonchev–Trinajstić information content (AvgIpc) is 2.93. The van der Waals surface area contributed by atoms with Crippen LogP contribution in [-0.2, 0) is 4.74 Å². The van der Waals surface area contributed by atoms with E-state index in [1.54, 1.807) is 0 Å². The standard InChI is InChI=1S/C17H25NOS/c18-16(15-4-2-1-3-5-15)7-6-14-8-10-19-17(12-14)9-11-20-13-17/h1-5,14,16H,6-13,18H2. The third kappa shape index (κ3) is 3.38. The monoisotopic (exact) mass is 291 g/mol. The Morgan fingerprint density at radius 1 is 1.35 bits per heavy atom. The van der Waals surface area contributed by atoms with Crippen molar-refractivity contribution in [3.05, 3.63) is 35.9 Å². The number of ether oxygens (including phenoxy) is 1. The van der Waals surface area contributed by atoms with E-state index >= 15 is 0 Å². The molecule has 3 heteroatoms. The van der Waals surface area contributed by atoms with Crippen molar-refractivity contribution >= 4 is 11.8 Å². The van der Waals surface area contributed by atoms with Gasteiger partial charge in [-0.1, -0.05) is 30.3 Å². The summed E-state index contributed by atoms with van der Waals surface area (Å²) in [5, 5.41) is 0. The van der Waals surface area contributed by atoms with Crippen molar-refractivity contribution in [1.29, 1.82) is 0 Å². The highest BCUT2D eigenvalue weighted by Crippen LogP contribution is 2.41. The van der Waals surface area contributed by atoms with Crippen LogP contribution in [0.5, 0.6) is 0 Å². The summed E-state index contributed by atoms with van der Waals surface area (Å²) in [7, 11) is 0. The summed E-state index contributed by atoms with van der Waals surface area (Å²) in [4.78, 5) is 0. The van der Waals surface area contributed by atoms with E-state index in [9.17, 15) is 0 Å². The molecule has 2 heterocycles. The van der Waals surface area contributed by atoms with Crippen LogP contribution in [0.15, 0.2) is 30.3 Å². The molecular formula is C17H25NOS. The highest BCUT2D eigenvalue weighted by Gasteiger charge is 2.40. The fourth-order valence-electron chi connectivity index (χ4n) is 3.52. The smallest absolute Gasteiger partial charge is 0.0783 e. The maximum absolute atomic E-state index is 6.32. The van der Waals surface area contributed by atoms with Crippen LogP contribution in [0.3, 0.4) is 0 Å². The van der Waals surface area contributed by atoms with E-state index in [-0.39, 0.29) is 11.6 Å². The van der Waals surface area contributed by atoms with Crippen LogP contribution in [0.25, 0.3) is 0 Å². The molecule has 2 fully saturated rings. The van der Waals surface area contributed by atoms with E-state index in [0.717, 1.165) is 18.9 Å². The first-order valence-corrected chi connectivity index (χ1v) is 8.95. The van der Waals surface area contributed by atoms with E-state index in [4.69, 9.17) is 10.5 Å². The van der Waals surface area contributed by atoms with Gasteiger partial charge in [0.05, 0.1) is 5.60 Å². The average molecular weight is 291 g/mol. The summed E-state index contributed by atoms with van der Waals surface area (Å²) in [5.41, 5.74) is 7.80. The largest absolute Gasteiger partial charge is 0.374 e. The predicted octanol–water partition coefficient (Wildman–Crippen LogP) is 3.77. The Balaban J connectivity index is 1.51. The van der Waals surface area contributed by atoms with Crippen molar-refractivity contribution in [3.63, 3.8) is 0 Å². The molecule has 1 aromatic rings. The minimum absolute atomic E-state index is 0.188. The van der Waals surface area contributed by atoms with E-state index in [1.807, 2.05) is 0 Å². The van der Waals surface area contributed by atoms with Crippen LogP contribution in [0, 0.1) is 5.92 Å². The van der Waals surface area contributed by atoms with Gasteiger partial charge in [0.2, 0.25) is 0 Å². The van der Waals surface area contributed by atoms with E-state index in [1.165, 1.54) is 42.8 Å². The molecule has 2 N–H and O–H groups in total. The molecule has 2 nitrogen and oxygen atoms in total. The van der Waals surface area contributed by atoms with Gasteiger partial charge in [0.25, 0.3) is 0 Å². The number of nitrogens with two attached hydrogens (primary N) is 1. The first-order chi connectivity index (χ1) is 9.77. The van der Waals surface area contributed by atoms with Crippen LogP contribution in [0.1, 0.15) is 43.7 Å². The molecule has 110 valence electrons. The van der Waals surface area contributed by atoms with Gasteiger partial charge in [-0.15, -0.1) is 0 Å². The molecule has 0 saturated carbocycles. The van der Waals surface area contributed by atoms with Gasteiger partial charge < -0.3 is 10.5 Å². The quantitative estimate of drug-likeness (QED) is 0.917. The molecule has 1 aromatic carbocycles. The van der Waals surface area contributed by atoms with Crippen LogP contribution in [-0.4, -0.2) is 23.7 Å². The van der Waals surface area contributed by atoms with Crippen LogP contribution in [0.2, 0.25) is 0 Å². The molecule has 3 unspecified atom stereocenters. The molecule has 0 bridgehead atoms. The summed E-state index contributed by atoms with van der Waals surface area (Å²) in [6.07, 6.45) is 6.05. The van der Waals surface area contributed by atoms with Crippen LogP contribution >= 0.6 is 11.8 Å². The number of rotatable bonds is 4. The minimum atomic E-state index is 0.188. The molecule has 2 aliphatic rings. The molecule has 2 aliphatic heterocycles. The molecule has 2 saturated heterocycles. The molecule has 3 rings (SSSR count). The maximum Gasteiger partial charge on any atom is 0.0783 e. The Morgan fingerprint density at radius 3 is 2.95 bits per heavy atom. The minimum Gasteiger partial charge on any atom is -0.374 e. The zero-order valence-electron chi connectivity index (χ0n) is 12.1. The summed E-state index contributed by atoms with van der Waals surface area (Å²) in [6.45, 7) is 0.950. The van der Waals surface area contributed by atoms with E-state index in [2.05, 4.69) is 42.1 Å². The van der Waals surface area contributed by atoms with Gasteiger partial charge in [0.1, 0.15) is 0 Å². The lowest BCUT2D eigenvalue weighted by Crippen LogP contribution is -2.40. The Hall–Kier alpha value is -0.510. The van der Waals surface area contributed by atoms with Gasteiger partial charge in [-0.05, 0) is 49.3 Å². The first kappa shape index (κ1) is 14.4. The number of hydrogen-bond acceptors (Lipinski definition) is 3. The van der Waals surface area contributed by atoms with Crippen LogP contribution in [0.4, 0.5) is 0 Å². The van der Waals surface area contributed by atoms with Gasteiger partial charge in [-0.2, -0.15) is 11.8 Å². The second kappa shape index (κ2) is 6.50. The third-order valence-electron chi connectivity index (χ3n) is 4.78. The van der Waals surface area contributed by atoms with Crippen molar-refractivity contribution < 1.29 is 4.74 Å². The summed E-state index contributed by atoms with van der Waals surface area (Å²) < 4.78 is 6.10. The highest BCUT2D eigenvalue weighted by atomic mass is 32.2. The number of hydrogen-bond donors (Lipinski definition) is 1. The molecule has 0 aliphatic carbocycles. The lowest BCUT2D eigenvalue weighted by Gasteiger charge is -2.38. The normalized spacial score (nSPS) is 31.6. The van der Waals surface area contributed by atoms with Crippen molar-refractivity contribution in [2.75, 3.05) is 18.1 Å². The maximum atomic E-state index is 6.32. The molecule has 20 heavy (non-hydrogen) atoms. The number of thioether (sulfide) groups is 1. The van der Waals surface area contributed by atoms with Crippen molar-refractivity contribution in [2.24, 2.45) is 11.7 Å². The molecule has 0 radical (unpaired) electrons. The van der Waals surface area contributed by atoms with Crippen molar-refractivity contribution in [1.82, 2.24) is 0 Å². The predicted molar refractivity (Wildman–Crippen MR) is 86.0 cm³/mol. The molecule has 1 spiro atoms. The van der Waals surface area contributed by atoms with Gasteiger partial charge in [-0.25, -0.2) is 0 Å². The second-order valence-corrected chi connectivity index (χ2v) is 7.39. The van der Waals surface area contributed by atoms with E-state index < -0.39 is 0 Å². The van der Waals surface area contributed by atoms with Gasteiger partial charge in [0, 0.05) is 18.4 Å². The fourth-order valence-corrected chi connectivity index (χ4v) is 4.90. The SMILES string of the molecule is NC(CCC1CCOC2(CCSC2)C1)c1ccccc1. The third-order valence-corrected chi connectivity index (χ3v) is 6.00. The van der Waals surface area contributed by atoms with Gasteiger partial charge in [0.15, 0.2) is 0 Å². The van der Waals surface area contributed by atoms with Gasteiger partial charge >= 0.3 is 0 Å². The topological polar surface area (TPSA) is 35.2 Å². The van der Waals surface area contributed by atoms with Crippen molar-refractivity contribution in [2.45, 2.75) is 43.7 Å². The Morgan fingerprint density at radius 2 is 2.20 bits per heavy atom. The Bertz CT molecular complexity index is 416. The van der Waals surface area contributed by atoms with Crippen LogP contribution < -0.4 is 5.73 Å². The van der Waals surface area contributed by atoms with E-state index in [0.29, 0.717) is 0 Å². The second-order valence-electron chi connectivity index (χ2n) is 6.29. The number of benzene rings is 1. The molecule has 0 aromatic heterocycles. The lowest BCUT2D eigenvalue weighted by atomic mass is 9.82. The Labute approximate surface area is 126 Å². The molecule has 3 atom stereocenters. The van der Waals surface area contributed by atoms with Crippen molar-refractivity contribution in [3.8, 4) is 0 Å². The highest BCUT2D eigenvalue weighted by molar-refractivity contribution is 7.99. The Kier molecular flexibility index (Phi) is 4.69. The van der Waals surface area contributed by atoms with Gasteiger partial charge in [-0.3, -0.25) is 0 Å². The summed E-state index contributed by atoms with van der Waals surface area (Å²) in [6, 6.07) is 10.7. The zero-order valence-corrected chi connectivity index (χ0v) is 12.9. The summed E-state index contributed by atoms with van der Waals surface area (Å²) >= 11 is 2.05.